The van der Waals surface area contributed by atoms with Gasteiger partial charge >= 0.3 is 0 Å². The maximum Gasteiger partial charge on any atom is 0.255 e. The number of phenolic OH excluding ortho intramolecular Hbond substituents is 1. The van der Waals surface area contributed by atoms with Gasteiger partial charge in [-0.25, -0.2) is 0 Å². The molecule has 0 spiro atoms. The smallest absolute Gasteiger partial charge is 0.255 e. The maximum absolute atomic E-state index is 11.8. The predicted molar refractivity (Wildman–Crippen MR) is 77.3 cm³/mol. The molecule has 0 aliphatic rings. The summed E-state index contributed by atoms with van der Waals surface area (Å²) in [7, 11) is 0. The van der Waals surface area contributed by atoms with Gasteiger partial charge in [-0.2, -0.15) is 0 Å². The summed E-state index contributed by atoms with van der Waals surface area (Å²) in [6.45, 7) is 0.586. The minimum atomic E-state index is -0.253. The van der Waals surface area contributed by atoms with Crippen LogP contribution in [0.2, 0.25) is 0 Å². The topological polar surface area (TPSA) is 92.4 Å². The zero-order chi connectivity index (χ0) is 14.8. The van der Waals surface area contributed by atoms with Crippen LogP contribution < -0.4 is 11.1 Å². The van der Waals surface area contributed by atoms with Crippen LogP contribution in [0.4, 0.5) is 0 Å². The Morgan fingerprint density at radius 1 is 1.05 bits per heavy atom. The van der Waals surface area contributed by atoms with Crippen molar-refractivity contribution in [2.24, 2.45) is 5.73 Å². The molecule has 4 N–H and O–H groups in total. The van der Waals surface area contributed by atoms with Gasteiger partial charge in [0.15, 0.2) is 0 Å². The third-order valence-corrected chi connectivity index (χ3v) is 3.03. The molecule has 0 aliphatic carbocycles. The van der Waals surface area contributed by atoms with Crippen molar-refractivity contribution in [1.82, 2.24) is 5.32 Å². The van der Waals surface area contributed by atoms with Gasteiger partial charge in [0.25, 0.3) is 5.91 Å². The van der Waals surface area contributed by atoms with Crippen LogP contribution >= 0.6 is 0 Å². The van der Waals surface area contributed by atoms with Gasteiger partial charge in [0, 0.05) is 13.0 Å². The van der Waals surface area contributed by atoms with Crippen LogP contribution in [-0.2, 0) is 4.79 Å². The molecule has 0 unspecified atom stereocenters. The molecule has 0 aliphatic heterocycles. The van der Waals surface area contributed by atoms with Gasteiger partial charge < -0.3 is 16.2 Å². The quantitative estimate of drug-likeness (QED) is 0.603. The molecule has 0 saturated carbocycles. The first-order valence-electron chi connectivity index (χ1n) is 6.95. The Morgan fingerprint density at radius 3 is 2.40 bits per heavy atom. The summed E-state index contributed by atoms with van der Waals surface area (Å²) in [4.78, 5) is 22.3. The summed E-state index contributed by atoms with van der Waals surface area (Å²) in [5.74, 6) is -0.506. The summed E-state index contributed by atoms with van der Waals surface area (Å²) in [5, 5.41) is 12.3. The van der Waals surface area contributed by atoms with Crippen LogP contribution in [-0.4, -0.2) is 23.5 Å². The first kappa shape index (κ1) is 16.0. The largest absolute Gasteiger partial charge is 0.507 e. The summed E-state index contributed by atoms with van der Waals surface area (Å²) >= 11 is 0. The molecule has 0 heterocycles. The van der Waals surface area contributed by atoms with Gasteiger partial charge in [0.2, 0.25) is 5.91 Å². The molecule has 1 rings (SSSR count). The fraction of sp³-hybridized carbons (Fsp3) is 0.467. The molecular formula is C15H22N2O3. The maximum atomic E-state index is 11.8. The number of carbonyl (C=O) groups excluding carboxylic acids is 2. The van der Waals surface area contributed by atoms with Crippen molar-refractivity contribution in [2.45, 2.75) is 38.5 Å². The second-order valence-electron chi connectivity index (χ2n) is 4.76. The number of amides is 2. The Hall–Kier alpha value is -2.04. The van der Waals surface area contributed by atoms with E-state index in [-0.39, 0.29) is 17.6 Å². The Kier molecular flexibility index (Phi) is 7.17. The van der Waals surface area contributed by atoms with Crippen molar-refractivity contribution in [3.05, 3.63) is 29.8 Å². The minimum absolute atomic E-state index is 0.00329. The number of primary amides is 1. The molecule has 0 atom stereocenters. The number of rotatable bonds is 9. The van der Waals surface area contributed by atoms with Crippen LogP contribution in [0.25, 0.3) is 0 Å². The van der Waals surface area contributed by atoms with Gasteiger partial charge in [0.1, 0.15) is 5.75 Å². The monoisotopic (exact) mass is 278 g/mol. The van der Waals surface area contributed by atoms with Gasteiger partial charge in [0.05, 0.1) is 5.56 Å². The fourth-order valence-electron chi connectivity index (χ4n) is 1.92. The Labute approximate surface area is 119 Å². The lowest BCUT2D eigenvalue weighted by molar-refractivity contribution is -0.118. The highest BCUT2D eigenvalue weighted by Crippen LogP contribution is 2.15. The minimum Gasteiger partial charge on any atom is -0.507 e. The fourth-order valence-corrected chi connectivity index (χ4v) is 1.92. The number of nitrogens with two attached hydrogens (primary N) is 1. The van der Waals surface area contributed by atoms with Crippen molar-refractivity contribution in [1.29, 1.82) is 0 Å². The van der Waals surface area contributed by atoms with E-state index in [0.29, 0.717) is 18.5 Å². The molecular weight excluding hydrogens is 256 g/mol. The molecule has 5 heteroatoms. The van der Waals surface area contributed by atoms with E-state index in [9.17, 15) is 14.7 Å². The molecule has 110 valence electrons. The zero-order valence-corrected chi connectivity index (χ0v) is 11.6. The van der Waals surface area contributed by atoms with Crippen molar-refractivity contribution in [3.63, 3.8) is 0 Å². The summed E-state index contributed by atoms with van der Waals surface area (Å²) < 4.78 is 0. The molecule has 0 fully saturated rings. The lowest BCUT2D eigenvalue weighted by Gasteiger charge is -2.06. The number of unbranched alkanes of at least 4 members (excludes halogenated alkanes) is 4. The molecule has 20 heavy (non-hydrogen) atoms. The van der Waals surface area contributed by atoms with Gasteiger partial charge in [-0.05, 0) is 25.0 Å². The first-order chi connectivity index (χ1) is 9.61. The highest BCUT2D eigenvalue weighted by Gasteiger charge is 2.08. The van der Waals surface area contributed by atoms with E-state index in [1.807, 2.05) is 0 Å². The molecule has 1 aromatic rings. The third-order valence-electron chi connectivity index (χ3n) is 3.03. The number of hydrogen-bond donors (Lipinski definition) is 3. The standard InChI is InChI=1S/C15H22N2O3/c16-14(19)10-4-2-1-3-7-11-17-15(20)12-8-5-6-9-13(12)18/h5-6,8-9,18H,1-4,7,10-11H2,(H2,16,19)(H,17,20). The highest BCUT2D eigenvalue weighted by molar-refractivity contribution is 5.96. The Morgan fingerprint density at radius 2 is 1.70 bits per heavy atom. The van der Waals surface area contributed by atoms with E-state index in [4.69, 9.17) is 5.73 Å². The molecule has 0 aromatic heterocycles. The van der Waals surface area contributed by atoms with Crippen LogP contribution in [0.15, 0.2) is 24.3 Å². The number of benzene rings is 1. The number of aromatic hydroxyl groups is 1. The predicted octanol–water partition coefficient (Wildman–Crippen LogP) is 1.95. The summed E-state index contributed by atoms with van der Waals surface area (Å²) in [5.41, 5.74) is 5.35. The lowest BCUT2D eigenvalue weighted by atomic mass is 10.1. The Bertz CT molecular complexity index is 446. The van der Waals surface area contributed by atoms with E-state index in [1.165, 1.54) is 6.07 Å². The molecule has 0 bridgehead atoms. The van der Waals surface area contributed by atoms with Crippen LogP contribution in [0.1, 0.15) is 48.9 Å². The average Bonchev–Trinajstić information content (AvgIpc) is 2.41. The first-order valence-corrected chi connectivity index (χ1v) is 6.95. The number of phenols is 1. The van der Waals surface area contributed by atoms with E-state index >= 15 is 0 Å². The van der Waals surface area contributed by atoms with E-state index in [0.717, 1.165) is 32.1 Å². The number of nitrogens with one attached hydrogen (secondary N) is 1. The summed E-state index contributed by atoms with van der Waals surface area (Å²) in [6.07, 6.45) is 5.18. The van der Waals surface area contributed by atoms with Crippen molar-refractivity contribution in [2.75, 3.05) is 6.54 Å². The highest BCUT2D eigenvalue weighted by atomic mass is 16.3. The van der Waals surface area contributed by atoms with Crippen molar-refractivity contribution in [3.8, 4) is 5.75 Å². The van der Waals surface area contributed by atoms with E-state index < -0.39 is 0 Å². The Balaban J connectivity index is 2.08. The van der Waals surface area contributed by atoms with Crippen molar-refractivity contribution >= 4 is 11.8 Å². The van der Waals surface area contributed by atoms with E-state index in [1.54, 1.807) is 18.2 Å². The molecule has 5 nitrogen and oxygen atoms in total. The average molecular weight is 278 g/mol. The summed E-state index contributed by atoms with van der Waals surface area (Å²) in [6, 6.07) is 6.48. The normalized spacial score (nSPS) is 10.2. The van der Waals surface area contributed by atoms with Gasteiger partial charge in [-0.3, -0.25) is 9.59 Å². The molecule has 0 radical (unpaired) electrons. The molecule has 1 aromatic carbocycles. The van der Waals surface area contributed by atoms with Crippen molar-refractivity contribution < 1.29 is 14.7 Å². The molecule has 0 saturated heterocycles. The zero-order valence-electron chi connectivity index (χ0n) is 11.6. The molecule has 2 amide bonds. The lowest BCUT2D eigenvalue weighted by Crippen LogP contribution is -2.24. The second-order valence-corrected chi connectivity index (χ2v) is 4.76. The number of para-hydroxylation sites is 1. The van der Waals surface area contributed by atoms with E-state index in [2.05, 4.69) is 5.32 Å². The number of hydrogen-bond acceptors (Lipinski definition) is 3. The number of carbonyl (C=O) groups is 2. The van der Waals surface area contributed by atoms with Crippen LogP contribution in [0.5, 0.6) is 5.75 Å². The van der Waals surface area contributed by atoms with Gasteiger partial charge in [-0.15, -0.1) is 0 Å². The second kappa shape index (κ2) is 8.96. The van der Waals surface area contributed by atoms with Crippen LogP contribution in [0, 0.1) is 0 Å². The van der Waals surface area contributed by atoms with Gasteiger partial charge in [-0.1, -0.05) is 31.4 Å². The van der Waals surface area contributed by atoms with Crippen LogP contribution in [0.3, 0.4) is 0 Å². The SMILES string of the molecule is NC(=O)CCCCCCCNC(=O)c1ccccc1O. The third kappa shape index (κ3) is 6.22.